The van der Waals surface area contributed by atoms with Crippen LogP contribution in [0, 0.1) is 27.7 Å². The number of anilines is 2. The maximum absolute atomic E-state index is 12.3. The highest BCUT2D eigenvalue weighted by atomic mass is 32.2. The van der Waals surface area contributed by atoms with Gasteiger partial charge in [-0.1, -0.05) is 36.4 Å². The van der Waals surface area contributed by atoms with Crippen LogP contribution in [0.2, 0.25) is 0 Å². The van der Waals surface area contributed by atoms with Gasteiger partial charge in [0.05, 0.1) is 37.0 Å². The minimum atomic E-state index is -4.85. The van der Waals surface area contributed by atoms with Gasteiger partial charge in [-0.05, 0) is 140 Å². The third-order valence-electron chi connectivity index (χ3n) is 11.1. The number of hydrogen-bond acceptors (Lipinski definition) is 16. The lowest BCUT2D eigenvalue weighted by Crippen LogP contribution is -2.01. The van der Waals surface area contributed by atoms with E-state index in [0.29, 0.717) is 56.4 Å². The van der Waals surface area contributed by atoms with Crippen molar-refractivity contribution in [2.75, 3.05) is 19.5 Å². The molecule has 20 heteroatoms. The van der Waals surface area contributed by atoms with E-state index in [4.69, 9.17) is 9.47 Å². The van der Waals surface area contributed by atoms with E-state index in [1.807, 2.05) is 87.5 Å². The molecule has 70 heavy (non-hydrogen) atoms. The van der Waals surface area contributed by atoms with Crippen molar-refractivity contribution in [2.24, 2.45) is 40.9 Å². The van der Waals surface area contributed by atoms with Crippen LogP contribution < -0.4 is 14.8 Å². The summed E-state index contributed by atoms with van der Waals surface area (Å²) in [4.78, 5) is -1.11. The van der Waals surface area contributed by atoms with Crippen molar-refractivity contribution >= 4 is 98.7 Å². The van der Waals surface area contributed by atoms with Gasteiger partial charge in [0.2, 0.25) is 0 Å². The molecule has 0 bridgehead atoms. The minimum absolute atomic E-state index is 0.0266. The van der Waals surface area contributed by atoms with Crippen LogP contribution in [0.25, 0.3) is 21.5 Å². The number of aryl methyl sites for hydroxylation is 4. The average molecular weight is 978 g/mol. The number of methoxy groups -OCH3 is 2. The van der Waals surface area contributed by atoms with E-state index in [-0.39, 0.29) is 33.6 Å². The first-order valence-corrected chi connectivity index (χ1v) is 24.0. The molecule has 0 radical (unpaired) electrons. The summed E-state index contributed by atoms with van der Waals surface area (Å²) >= 11 is 0. The molecule has 0 atom stereocenters. The summed E-state index contributed by atoms with van der Waals surface area (Å²) in [7, 11) is -6.64. The maximum Gasteiger partial charge on any atom is 0.296 e. The molecule has 0 aliphatic carbocycles. The first-order chi connectivity index (χ1) is 33.4. The predicted octanol–water partition coefficient (Wildman–Crippen LogP) is 14.8. The number of fused-ring (bicyclic) bond motifs is 2. The fraction of sp³-hybridized carbons (Fsp3) is 0.120. The van der Waals surface area contributed by atoms with Gasteiger partial charge < -0.3 is 19.9 Å². The van der Waals surface area contributed by atoms with Gasteiger partial charge in [0.25, 0.3) is 20.2 Å². The summed E-state index contributed by atoms with van der Waals surface area (Å²) in [6.07, 6.45) is 0. The van der Waals surface area contributed by atoms with Crippen molar-refractivity contribution < 1.29 is 40.5 Å². The Hall–Kier alpha value is -8.30. The summed E-state index contributed by atoms with van der Waals surface area (Å²) in [5.41, 5.74) is 7.23. The smallest absolute Gasteiger partial charge is 0.296 e. The third kappa shape index (κ3) is 10.5. The second-order valence-electron chi connectivity index (χ2n) is 16.0. The van der Waals surface area contributed by atoms with Gasteiger partial charge in [0.15, 0.2) is 5.75 Å². The second-order valence-corrected chi connectivity index (χ2v) is 18.7. The molecule has 0 spiro atoms. The molecule has 0 aliphatic heterocycles. The Morgan fingerprint density at radius 1 is 0.414 bits per heavy atom. The molecule has 0 saturated heterocycles. The van der Waals surface area contributed by atoms with Crippen LogP contribution >= 0.6 is 0 Å². The molecule has 8 aromatic rings. The molecular weight excluding hydrogens is 935 g/mol. The number of benzene rings is 8. The van der Waals surface area contributed by atoms with Gasteiger partial charge in [-0.15, -0.1) is 20.5 Å². The molecule has 0 fully saturated rings. The first-order valence-electron chi connectivity index (χ1n) is 21.1. The van der Waals surface area contributed by atoms with Crippen molar-refractivity contribution in [1.29, 1.82) is 0 Å². The summed E-state index contributed by atoms with van der Waals surface area (Å²) in [5.74, 6) is 0.637. The zero-order chi connectivity index (χ0) is 49.9. The summed E-state index contributed by atoms with van der Waals surface area (Å²) in [6.45, 7) is 7.29. The minimum Gasteiger partial charge on any atom is -0.505 e. The lowest BCUT2D eigenvalue weighted by molar-refractivity contribution is 0.415. The number of nitrogens with one attached hydrogen (secondary N) is 1. The number of ether oxygens (including phenoxy) is 2. The summed E-state index contributed by atoms with van der Waals surface area (Å²) < 4.78 is 79.8. The van der Waals surface area contributed by atoms with Crippen molar-refractivity contribution in [3.63, 3.8) is 0 Å². The number of phenolic OH excluding ortho intramolecular Hbond substituents is 1. The lowest BCUT2D eigenvalue weighted by Gasteiger charge is -2.10. The van der Waals surface area contributed by atoms with Gasteiger partial charge >= 0.3 is 0 Å². The maximum atomic E-state index is 12.3. The lowest BCUT2D eigenvalue weighted by atomic mass is 10.1. The molecule has 354 valence electrons. The Morgan fingerprint density at radius 3 is 1.41 bits per heavy atom. The average Bonchev–Trinajstić information content (AvgIpc) is 3.32. The highest BCUT2D eigenvalue weighted by Gasteiger charge is 2.22. The van der Waals surface area contributed by atoms with E-state index in [1.165, 1.54) is 32.4 Å². The Bertz CT molecular complexity index is 3730. The number of hydrogen-bond donors (Lipinski definition) is 4. The molecule has 0 aromatic heterocycles. The van der Waals surface area contributed by atoms with E-state index in [0.717, 1.165) is 46.1 Å². The van der Waals surface area contributed by atoms with Crippen molar-refractivity contribution in [1.82, 2.24) is 0 Å². The van der Waals surface area contributed by atoms with Gasteiger partial charge in [-0.25, -0.2) is 0 Å². The van der Waals surface area contributed by atoms with Crippen LogP contribution in [-0.2, 0) is 20.2 Å². The molecule has 4 N–H and O–H groups in total. The van der Waals surface area contributed by atoms with Crippen LogP contribution in [-0.4, -0.2) is 45.3 Å². The van der Waals surface area contributed by atoms with Gasteiger partial charge in [0, 0.05) is 34.3 Å². The zero-order valence-electron chi connectivity index (χ0n) is 38.3. The number of para-hydroxylation sites is 1. The van der Waals surface area contributed by atoms with Crippen LogP contribution in [0.15, 0.2) is 178 Å². The molecule has 0 heterocycles. The van der Waals surface area contributed by atoms with E-state index in [1.54, 1.807) is 31.2 Å². The Kier molecular flexibility index (Phi) is 13.6. The quantitative estimate of drug-likeness (QED) is 0.0591. The molecule has 0 saturated carbocycles. The van der Waals surface area contributed by atoms with E-state index < -0.39 is 30.0 Å². The number of rotatable bonds is 14. The number of aromatic hydroxyl groups is 1. The third-order valence-corrected chi connectivity index (χ3v) is 12.9. The standard InChI is InChI=1S/C50H43N9O9S2/c1-28-20-40(29(2)19-39(28)53-52-38-18-15-33-23-35(16-17-36(33)50(38)60)51-34-12-8-7-9-13-34)54-57-43-21-30(3)41(26-46(43)67-5)55-58-44-22-31(4)42(27-47(44)68-6)56-59-45-25-37-32(24-49(45)70(64,65)66)11-10-14-48(37)69(61,62)63/h7-27,51,60H,1-6H3,(H,61,62,63)(H,64,65,66). The van der Waals surface area contributed by atoms with Gasteiger partial charge in [-0.2, -0.15) is 37.3 Å². The van der Waals surface area contributed by atoms with E-state index in [9.17, 15) is 31.0 Å². The molecule has 0 amide bonds. The molecule has 0 aliphatic rings. The van der Waals surface area contributed by atoms with E-state index in [2.05, 4.69) is 46.2 Å². The van der Waals surface area contributed by atoms with Crippen molar-refractivity contribution in [2.45, 2.75) is 37.5 Å². The number of phenols is 1. The topological polar surface area (TPSA) is 258 Å². The Labute approximate surface area is 402 Å². The fourth-order valence-electron chi connectivity index (χ4n) is 7.38. The zero-order valence-corrected chi connectivity index (χ0v) is 39.9. The molecular formula is C50H43N9O9S2. The van der Waals surface area contributed by atoms with Crippen LogP contribution in [0.4, 0.5) is 56.9 Å². The normalized spacial score (nSPS) is 12.3. The molecule has 18 nitrogen and oxygen atoms in total. The monoisotopic (exact) mass is 977 g/mol. The van der Waals surface area contributed by atoms with Crippen LogP contribution in [0.5, 0.6) is 17.2 Å². The first kappa shape index (κ1) is 48.2. The van der Waals surface area contributed by atoms with Gasteiger partial charge in [-0.3, -0.25) is 9.11 Å². The number of nitrogens with zero attached hydrogens (tertiary/aromatic N) is 8. The van der Waals surface area contributed by atoms with Crippen molar-refractivity contribution in [3.8, 4) is 17.2 Å². The number of azo groups is 4. The van der Waals surface area contributed by atoms with Crippen LogP contribution in [0.3, 0.4) is 0 Å². The molecule has 8 rings (SSSR count). The highest BCUT2D eigenvalue weighted by Crippen LogP contribution is 2.42. The molecule has 8 aromatic carbocycles. The highest BCUT2D eigenvalue weighted by molar-refractivity contribution is 7.86. The Balaban J connectivity index is 0.992. The van der Waals surface area contributed by atoms with Gasteiger partial charge in [0.1, 0.15) is 44.0 Å². The SMILES string of the molecule is COc1cc(N=Nc2cc(C)c(N=Nc3cc4c(S(=O)(=O)O)cccc4cc3S(=O)(=O)O)cc2OC)c(C)cc1N=Nc1cc(C)c(N=Nc2ccc3cc(Nc4ccccc4)ccc3c2O)cc1C. The fourth-order valence-corrected chi connectivity index (χ4v) is 8.72. The molecule has 0 unspecified atom stereocenters. The largest absolute Gasteiger partial charge is 0.505 e. The summed E-state index contributed by atoms with van der Waals surface area (Å²) in [6, 6.07) is 35.4. The Morgan fingerprint density at radius 2 is 0.886 bits per heavy atom. The van der Waals surface area contributed by atoms with Crippen LogP contribution in [0.1, 0.15) is 22.3 Å². The predicted molar refractivity (Wildman–Crippen MR) is 267 cm³/mol. The second kappa shape index (κ2) is 19.7. The summed E-state index contributed by atoms with van der Waals surface area (Å²) in [5, 5.41) is 51.1. The van der Waals surface area contributed by atoms with Crippen molar-refractivity contribution in [3.05, 3.63) is 150 Å². The van der Waals surface area contributed by atoms with E-state index >= 15 is 0 Å².